The van der Waals surface area contributed by atoms with Crippen molar-refractivity contribution in [3.8, 4) is 6.07 Å². The molecule has 0 aromatic carbocycles. The van der Waals surface area contributed by atoms with E-state index in [-0.39, 0.29) is 18.7 Å². The Kier molecular flexibility index (Phi) is 2.59. The average molecular weight is 336 g/mol. The van der Waals surface area contributed by atoms with Crippen LogP contribution in [0, 0.1) is 22.2 Å². The molecule has 0 bridgehead atoms. The molecule has 0 amide bonds. The van der Waals surface area contributed by atoms with Crippen molar-refractivity contribution in [3.05, 3.63) is 30.1 Å². The number of nitrogens with zero attached hydrogens (tertiary/aromatic N) is 4. The molecule has 1 aliphatic heterocycles. The highest BCUT2D eigenvalue weighted by molar-refractivity contribution is 5.85. The van der Waals surface area contributed by atoms with Crippen molar-refractivity contribution in [2.24, 2.45) is 10.8 Å². The molecule has 1 saturated heterocycles. The van der Waals surface area contributed by atoms with Crippen LogP contribution in [0.1, 0.15) is 12.1 Å². The van der Waals surface area contributed by atoms with Crippen molar-refractivity contribution >= 4 is 17.2 Å². The summed E-state index contributed by atoms with van der Waals surface area (Å²) < 4.78 is 41.8. The number of aliphatic carboxylic acids is 1. The summed E-state index contributed by atoms with van der Waals surface area (Å²) in [6, 6.07) is 6.55. The lowest BCUT2D eigenvalue weighted by molar-refractivity contribution is -0.194. The highest BCUT2D eigenvalue weighted by Gasteiger charge is 2.86. The van der Waals surface area contributed by atoms with Crippen LogP contribution in [0.3, 0.4) is 0 Å². The number of carboxylic acid groups (broad SMARTS) is 1. The molecule has 0 unspecified atom stereocenters. The Hall–Kier alpha value is -2.76. The molecule has 9 heteroatoms. The average Bonchev–Trinajstić information content (AvgIpc) is 2.87. The number of hydrogen-bond acceptors (Lipinski definition) is 4. The molecule has 3 heterocycles. The van der Waals surface area contributed by atoms with Crippen molar-refractivity contribution in [2.45, 2.75) is 12.6 Å². The molecule has 0 spiro atoms. The topological polar surface area (TPSA) is 81.6 Å². The van der Waals surface area contributed by atoms with E-state index >= 15 is 0 Å². The zero-order chi connectivity index (χ0) is 17.3. The zero-order valence-corrected chi connectivity index (χ0v) is 12.2. The van der Waals surface area contributed by atoms with E-state index in [9.17, 15) is 23.1 Å². The lowest BCUT2D eigenvalue weighted by Gasteiger charge is -2.24. The van der Waals surface area contributed by atoms with Crippen LogP contribution in [-0.2, 0) is 4.79 Å². The van der Waals surface area contributed by atoms with E-state index in [0.717, 1.165) is 0 Å². The van der Waals surface area contributed by atoms with Gasteiger partial charge in [-0.15, -0.1) is 0 Å². The van der Waals surface area contributed by atoms with E-state index < -0.39 is 29.5 Å². The maximum absolute atomic E-state index is 13.5. The molecule has 0 radical (unpaired) electrons. The molecule has 24 heavy (non-hydrogen) atoms. The molecule has 2 atom stereocenters. The second kappa shape index (κ2) is 4.20. The van der Waals surface area contributed by atoms with Crippen molar-refractivity contribution in [1.29, 1.82) is 5.26 Å². The third-order valence-electron chi connectivity index (χ3n) is 5.26. The first kappa shape index (κ1) is 14.8. The number of piperidine rings is 1. The van der Waals surface area contributed by atoms with Gasteiger partial charge in [-0.05, 0) is 24.6 Å². The minimum Gasteiger partial charge on any atom is -0.481 e. The number of fused-ring (bicyclic) bond motifs is 2. The highest BCUT2D eigenvalue weighted by atomic mass is 19.4. The summed E-state index contributed by atoms with van der Waals surface area (Å²) in [4.78, 5) is 13.0. The molecule has 1 aliphatic carbocycles. The Morgan fingerprint density at radius 1 is 1.33 bits per heavy atom. The standard InChI is InChI=1S/C15H11F3N4O2/c16-15(17,18)14-6-13(14,12(23)24)7-21(8-14)10-2-1-9(5-19)22-11(10)3-4-20-22/h1-4H,6-8H2,(H,23,24)/t13-,14-/m1/s1. The monoisotopic (exact) mass is 336 g/mol. The summed E-state index contributed by atoms with van der Waals surface area (Å²) in [5.74, 6) is -1.42. The van der Waals surface area contributed by atoms with Crippen molar-refractivity contribution in [1.82, 2.24) is 9.61 Å². The van der Waals surface area contributed by atoms with E-state index in [1.54, 1.807) is 12.1 Å². The summed E-state index contributed by atoms with van der Waals surface area (Å²) in [5, 5.41) is 22.4. The van der Waals surface area contributed by atoms with Gasteiger partial charge in [0.15, 0.2) is 0 Å². The molecule has 1 N–H and O–H groups in total. The summed E-state index contributed by atoms with van der Waals surface area (Å²) in [7, 11) is 0. The minimum atomic E-state index is -4.58. The number of rotatable bonds is 2. The summed E-state index contributed by atoms with van der Waals surface area (Å²) in [6.45, 7) is -0.621. The Labute approximate surface area is 133 Å². The van der Waals surface area contributed by atoms with E-state index in [4.69, 9.17) is 5.26 Å². The Bertz CT molecular complexity index is 916. The summed E-state index contributed by atoms with van der Waals surface area (Å²) >= 11 is 0. The van der Waals surface area contributed by atoms with Gasteiger partial charge in [0.05, 0.1) is 17.4 Å². The van der Waals surface area contributed by atoms with E-state index in [0.29, 0.717) is 11.2 Å². The molecule has 2 fully saturated rings. The van der Waals surface area contributed by atoms with Crippen LogP contribution < -0.4 is 4.90 Å². The first-order chi connectivity index (χ1) is 11.3. The minimum absolute atomic E-state index is 0.214. The van der Waals surface area contributed by atoms with Gasteiger partial charge >= 0.3 is 12.1 Å². The molecule has 124 valence electrons. The molecule has 6 nitrogen and oxygen atoms in total. The molecule has 4 rings (SSSR count). The van der Waals surface area contributed by atoms with E-state index in [1.807, 2.05) is 6.07 Å². The second-order valence-electron chi connectivity index (χ2n) is 6.34. The zero-order valence-electron chi connectivity index (χ0n) is 12.2. The number of aromatic nitrogens is 2. The Balaban J connectivity index is 1.80. The third kappa shape index (κ3) is 1.55. The lowest BCUT2D eigenvalue weighted by atomic mass is 9.96. The van der Waals surface area contributed by atoms with Gasteiger partial charge in [0.1, 0.15) is 22.6 Å². The van der Waals surface area contributed by atoms with Crippen LogP contribution in [0.25, 0.3) is 5.52 Å². The summed E-state index contributed by atoms with van der Waals surface area (Å²) in [5.41, 5.74) is -2.83. The number of nitriles is 1. The summed E-state index contributed by atoms with van der Waals surface area (Å²) in [6.07, 6.45) is -3.52. The van der Waals surface area contributed by atoms with Crippen LogP contribution >= 0.6 is 0 Å². The van der Waals surface area contributed by atoms with Gasteiger partial charge in [-0.2, -0.15) is 23.5 Å². The SMILES string of the molecule is N#Cc1ccc(N2C[C@@]3(C(=O)O)C[C@@]3(C(F)(F)F)C2)c2ccnn12. The van der Waals surface area contributed by atoms with Crippen LogP contribution in [0.4, 0.5) is 18.9 Å². The van der Waals surface area contributed by atoms with Gasteiger partial charge in [0.25, 0.3) is 0 Å². The van der Waals surface area contributed by atoms with Gasteiger partial charge in [0.2, 0.25) is 0 Å². The van der Waals surface area contributed by atoms with Gasteiger partial charge in [0, 0.05) is 13.1 Å². The molecule has 2 aromatic heterocycles. The van der Waals surface area contributed by atoms with Crippen molar-refractivity contribution in [2.75, 3.05) is 18.0 Å². The molecule has 2 aromatic rings. The number of carboxylic acids is 1. The number of pyridine rings is 1. The second-order valence-corrected chi connectivity index (χ2v) is 6.34. The maximum Gasteiger partial charge on any atom is 0.397 e. The maximum atomic E-state index is 13.5. The molecule has 2 aliphatic rings. The van der Waals surface area contributed by atoms with E-state index in [2.05, 4.69) is 5.10 Å². The van der Waals surface area contributed by atoms with Gasteiger partial charge in [-0.25, -0.2) is 4.52 Å². The van der Waals surface area contributed by atoms with Gasteiger partial charge in [-0.3, -0.25) is 4.79 Å². The number of halogens is 3. The largest absolute Gasteiger partial charge is 0.481 e. The Morgan fingerprint density at radius 2 is 2.08 bits per heavy atom. The molecular weight excluding hydrogens is 325 g/mol. The predicted molar refractivity (Wildman–Crippen MR) is 75.3 cm³/mol. The number of anilines is 1. The van der Waals surface area contributed by atoms with Crippen LogP contribution in [-0.4, -0.2) is 40.0 Å². The first-order valence-corrected chi connectivity index (χ1v) is 7.18. The predicted octanol–water partition coefficient (Wildman–Crippen LogP) is 2.05. The molecule has 1 saturated carbocycles. The van der Waals surface area contributed by atoms with Gasteiger partial charge in [-0.1, -0.05) is 0 Å². The van der Waals surface area contributed by atoms with Crippen LogP contribution in [0.2, 0.25) is 0 Å². The molecular formula is C15H11F3N4O2. The smallest absolute Gasteiger partial charge is 0.397 e. The Morgan fingerprint density at radius 3 is 2.67 bits per heavy atom. The number of alkyl halides is 3. The van der Waals surface area contributed by atoms with Crippen molar-refractivity contribution in [3.63, 3.8) is 0 Å². The van der Waals surface area contributed by atoms with Gasteiger partial charge < -0.3 is 10.0 Å². The fourth-order valence-electron chi connectivity index (χ4n) is 3.93. The lowest BCUT2D eigenvalue weighted by Crippen LogP contribution is -2.34. The van der Waals surface area contributed by atoms with Crippen molar-refractivity contribution < 1.29 is 23.1 Å². The number of hydrogen-bond donors (Lipinski definition) is 1. The number of carbonyl (C=O) groups is 1. The normalized spacial score (nSPS) is 28.7. The van der Waals surface area contributed by atoms with Crippen LogP contribution in [0.5, 0.6) is 0 Å². The first-order valence-electron chi connectivity index (χ1n) is 7.18. The third-order valence-corrected chi connectivity index (χ3v) is 5.26. The highest BCUT2D eigenvalue weighted by Crippen LogP contribution is 2.75. The van der Waals surface area contributed by atoms with Crippen LogP contribution in [0.15, 0.2) is 24.4 Å². The fraction of sp³-hybridized carbons (Fsp3) is 0.400. The quantitative estimate of drug-likeness (QED) is 0.908. The van der Waals surface area contributed by atoms with E-state index in [1.165, 1.54) is 21.7 Å². The fourth-order valence-corrected chi connectivity index (χ4v) is 3.93.